The zero-order valence-electron chi connectivity index (χ0n) is 19.3. The molecule has 0 saturated heterocycles. The molecule has 1 amide bonds. The second-order valence-corrected chi connectivity index (χ2v) is 8.84. The summed E-state index contributed by atoms with van der Waals surface area (Å²) in [4.78, 5) is 50.0. The number of rotatable bonds is 7. The standard InChI is InChI=1S/C25H25N3O5S/c1-16-5-6-17(2)21(13-16)34-20-10-8-19(9-11-20)26-22(29)15-33-23(30)12-7-18-14-27(3)25(32)28(4)24(18)31/h5-14H,15H2,1-4H3,(H,26,29). The highest BCUT2D eigenvalue weighted by Crippen LogP contribution is 2.31. The Morgan fingerprint density at radius 1 is 1.06 bits per heavy atom. The molecular formula is C25H25N3O5S. The Kier molecular flexibility index (Phi) is 7.91. The van der Waals surface area contributed by atoms with Gasteiger partial charge in [-0.3, -0.25) is 14.2 Å². The maximum atomic E-state index is 12.1. The number of aryl methyl sites for hydroxylation is 3. The van der Waals surface area contributed by atoms with Gasteiger partial charge in [-0.25, -0.2) is 9.59 Å². The largest absolute Gasteiger partial charge is 0.452 e. The molecule has 3 rings (SSSR count). The number of nitrogens with zero attached hydrogens (tertiary/aromatic N) is 2. The second-order valence-electron chi connectivity index (χ2n) is 7.73. The van der Waals surface area contributed by atoms with Crippen molar-refractivity contribution in [2.75, 3.05) is 11.9 Å². The molecule has 3 aromatic rings. The van der Waals surface area contributed by atoms with Gasteiger partial charge in [0.15, 0.2) is 6.61 Å². The number of aromatic nitrogens is 2. The van der Waals surface area contributed by atoms with E-state index in [-0.39, 0.29) is 5.56 Å². The van der Waals surface area contributed by atoms with E-state index in [1.807, 2.05) is 12.1 Å². The summed E-state index contributed by atoms with van der Waals surface area (Å²) in [6.45, 7) is 3.64. The van der Waals surface area contributed by atoms with Crippen molar-refractivity contribution in [1.29, 1.82) is 0 Å². The Labute approximate surface area is 200 Å². The van der Waals surface area contributed by atoms with E-state index >= 15 is 0 Å². The predicted octanol–water partition coefficient (Wildman–Crippen LogP) is 3.05. The van der Waals surface area contributed by atoms with Gasteiger partial charge in [-0.2, -0.15) is 0 Å². The van der Waals surface area contributed by atoms with E-state index in [0.29, 0.717) is 5.69 Å². The number of benzene rings is 2. The maximum absolute atomic E-state index is 12.1. The second kappa shape index (κ2) is 10.8. The normalized spacial score (nSPS) is 10.9. The van der Waals surface area contributed by atoms with Gasteiger partial charge >= 0.3 is 11.7 Å². The van der Waals surface area contributed by atoms with Gasteiger partial charge in [0.1, 0.15) is 0 Å². The van der Waals surface area contributed by atoms with Gasteiger partial charge < -0.3 is 14.6 Å². The summed E-state index contributed by atoms with van der Waals surface area (Å²) in [5, 5.41) is 2.67. The van der Waals surface area contributed by atoms with Crippen LogP contribution in [0.5, 0.6) is 0 Å². The van der Waals surface area contributed by atoms with Crippen LogP contribution in [0.2, 0.25) is 0 Å². The number of hydrogen-bond donors (Lipinski definition) is 1. The van der Waals surface area contributed by atoms with Gasteiger partial charge in [-0.1, -0.05) is 23.9 Å². The Bertz CT molecular complexity index is 1370. The molecule has 9 heteroatoms. The number of carbonyl (C=O) groups excluding carboxylic acids is 2. The molecule has 1 heterocycles. The lowest BCUT2D eigenvalue weighted by atomic mass is 10.2. The van der Waals surface area contributed by atoms with Crippen LogP contribution in [0.1, 0.15) is 16.7 Å². The predicted molar refractivity (Wildman–Crippen MR) is 132 cm³/mol. The van der Waals surface area contributed by atoms with Gasteiger partial charge in [0.2, 0.25) is 0 Å². The van der Waals surface area contributed by atoms with E-state index in [4.69, 9.17) is 4.74 Å². The van der Waals surface area contributed by atoms with Gasteiger partial charge in [0.05, 0.1) is 5.56 Å². The van der Waals surface area contributed by atoms with Crippen molar-refractivity contribution in [1.82, 2.24) is 9.13 Å². The minimum absolute atomic E-state index is 0.143. The highest BCUT2D eigenvalue weighted by Gasteiger charge is 2.08. The van der Waals surface area contributed by atoms with E-state index in [9.17, 15) is 19.2 Å². The summed E-state index contributed by atoms with van der Waals surface area (Å²) >= 11 is 1.64. The molecular weight excluding hydrogens is 454 g/mol. The first-order valence-electron chi connectivity index (χ1n) is 10.4. The first-order chi connectivity index (χ1) is 16.1. The third kappa shape index (κ3) is 6.35. The summed E-state index contributed by atoms with van der Waals surface area (Å²) in [6.07, 6.45) is 3.60. The van der Waals surface area contributed by atoms with Crippen LogP contribution < -0.4 is 16.6 Å². The quantitative estimate of drug-likeness (QED) is 0.413. The van der Waals surface area contributed by atoms with E-state index in [1.165, 1.54) is 47.0 Å². The number of anilines is 1. The van der Waals surface area contributed by atoms with Crippen LogP contribution >= 0.6 is 11.8 Å². The van der Waals surface area contributed by atoms with Crippen molar-refractivity contribution >= 4 is 35.4 Å². The van der Waals surface area contributed by atoms with Crippen LogP contribution in [-0.4, -0.2) is 27.6 Å². The molecule has 0 bridgehead atoms. The first kappa shape index (κ1) is 24.8. The fraction of sp³-hybridized carbons (Fsp3) is 0.200. The lowest BCUT2D eigenvalue weighted by Gasteiger charge is -2.09. The smallest absolute Gasteiger partial charge is 0.331 e. The van der Waals surface area contributed by atoms with Crippen LogP contribution in [0.15, 0.2) is 74.1 Å². The van der Waals surface area contributed by atoms with Crippen molar-refractivity contribution in [2.45, 2.75) is 23.6 Å². The average Bonchev–Trinajstić information content (AvgIpc) is 2.81. The zero-order chi connectivity index (χ0) is 24.8. The Morgan fingerprint density at radius 2 is 1.76 bits per heavy atom. The summed E-state index contributed by atoms with van der Waals surface area (Å²) in [7, 11) is 2.84. The number of carbonyl (C=O) groups is 2. The number of esters is 1. The Balaban J connectivity index is 1.52. The van der Waals surface area contributed by atoms with E-state index in [1.54, 1.807) is 23.9 Å². The van der Waals surface area contributed by atoms with Crippen molar-refractivity contribution in [3.63, 3.8) is 0 Å². The van der Waals surface area contributed by atoms with Crippen LogP contribution in [0, 0.1) is 13.8 Å². The Hall–Kier alpha value is -3.85. The fourth-order valence-corrected chi connectivity index (χ4v) is 4.04. The van der Waals surface area contributed by atoms with Crippen molar-refractivity contribution in [2.24, 2.45) is 14.1 Å². The van der Waals surface area contributed by atoms with Crippen molar-refractivity contribution < 1.29 is 14.3 Å². The number of ether oxygens (including phenoxy) is 1. The molecule has 176 valence electrons. The molecule has 1 aromatic heterocycles. The molecule has 0 aliphatic heterocycles. The van der Waals surface area contributed by atoms with Crippen LogP contribution in [0.4, 0.5) is 5.69 Å². The van der Waals surface area contributed by atoms with E-state index in [2.05, 4.69) is 37.4 Å². The molecule has 0 saturated carbocycles. The summed E-state index contributed by atoms with van der Waals surface area (Å²) in [5.41, 5.74) is 2.10. The molecule has 0 unspecified atom stereocenters. The first-order valence-corrected chi connectivity index (χ1v) is 11.2. The molecule has 2 aromatic carbocycles. The Morgan fingerprint density at radius 3 is 2.47 bits per heavy atom. The van der Waals surface area contributed by atoms with Crippen LogP contribution in [-0.2, 0) is 28.4 Å². The van der Waals surface area contributed by atoms with Gasteiger partial charge in [0, 0.05) is 41.8 Å². The van der Waals surface area contributed by atoms with Gasteiger partial charge in [-0.05, 0) is 61.4 Å². The van der Waals surface area contributed by atoms with E-state index in [0.717, 1.165) is 15.5 Å². The summed E-state index contributed by atoms with van der Waals surface area (Å²) in [5.74, 6) is -1.28. The molecule has 34 heavy (non-hydrogen) atoms. The monoisotopic (exact) mass is 479 g/mol. The number of amides is 1. The molecule has 1 N–H and O–H groups in total. The summed E-state index contributed by atoms with van der Waals surface area (Å²) in [6, 6.07) is 13.7. The highest BCUT2D eigenvalue weighted by molar-refractivity contribution is 7.99. The number of nitrogens with one attached hydrogen (secondary N) is 1. The van der Waals surface area contributed by atoms with Crippen LogP contribution in [0.3, 0.4) is 0 Å². The minimum Gasteiger partial charge on any atom is -0.452 e. The molecule has 0 fully saturated rings. The van der Waals surface area contributed by atoms with E-state index < -0.39 is 29.7 Å². The zero-order valence-corrected chi connectivity index (χ0v) is 20.1. The average molecular weight is 480 g/mol. The van der Waals surface area contributed by atoms with Crippen molar-refractivity contribution in [3.8, 4) is 0 Å². The van der Waals surface area contributed by atoms with Crippen molar-refractivity contribution in [3.05, 3.63) is 92.3 Å². The molecule has 0 aliphatic carbocycles. The van der Waals surface area contributed by atoms with Gasteiger partial charge in [-0.15, -0.1) is 0 Å². The molecule has 0 spiro atoms. The lowest BCUT2D eigenvalue weighted by molar-refractivity contribution is -0.142. The maximum Gasteiger partial charge on any atom is 0.331 e. The third-order valence-corrected chi connectivity index (χ3v) is 6.09. The van der Waals surface area contributed by atoms with Crippen LogP contribution in [0.25, 0.3) is 6.08 Å². The molecule has 0 radical (unpaired) electrons. The number of hydrogen-bond acceptors (Lipinski definition) is 6. The summed E-state index contributed by atoms with van der Waals surface area (Å²) < 4.78 is 7.09. The lowest BCUT2D eigenvalue weighted by Crippen LogP contribution is -2.37. The molecule has 8 nitrogen and oxygen atoms in total. The topological polar surface area (TPSA) is 99.4 Å². The molecule has 0 atom stereocenters. The SMILES string of the molecule is Cc1ccc(C)c(Sc2ccc(NC(=O)COC(=O)C=Cc3cn(C)c(=O)n(C)c3=O)cc2)c1. The van der Waals surface area contributed by atoms with Gasteiger partial charge in [0.25, 0.3) is 11.5 Å². The molecule has 0 aliphatic rings. The minimum atomic E-state index is -0.786. The fourth-order valence-electron chi connectivity index (χ4n) is 3.04. The third-order valence-electron chi connectivity index (χ3n) is 4.93. The highest BCUT2D eigenvalue weighted by atomic mass is 32.2.